The van der Waals surface area contributed by atoms with Crippen molar-refractivity contribution in [3.05, 3.63) is 114 Å². The number of hydrogen-bond acceptors (Lipinski definition) is 2. The van der Waals surface area contributed by atoms with Crippen LogP contribution in [-0.2, 0) is 7.05 Å². The van der Waals surface area contributed by atoms with E-state index in [2.05, 4.69) is 6.07 Å². The largest absolute Gasteiger partial charge is 0.454 e. The number of pyridine rings is 1. The molecule has 2 heterocycles. The third kappa shape index (κ3) is 3.68. The fourth-order valence-corrected chi connectivity index (χ4v) is 4.88. The van der Waals surface area contributed by atoms with Gasteiger partial charge < -0.3 is 4.42 Å². The van der Waals surface area contributed by atoms with Crippen LogP contribution < -0.4 is 4.57 Å². The molecule has 0 spiro atoms. The van der Waals surface area contributed by atoms with Crippen LogP contribution in [0.5, 0.6) is 0 Å². The molecule has 2 aromatic heterocycles. The predicted molar refractivity (Wildman–Crippen MR) is 145 cm³/mol. The van der Waals surface area contributed by atoms with Crippen LogP contribution in [0, 0.1) is 30.9 Å². The Morgan fingerprint density at radius 2 is 1.49 bits per heavy atom. The maximum absolute atomic E-state index is 15.0. The molecule has 0 saturated heterocycles. The van der Waals surface area contributed by atoms with Crippen LogP contribution >= 0.6 is 0 Å². The lowest BCUT2D eigenvalue weighted by atomic mass is 9.94. The molecule has 0 unspecified atom stereocenters. The third-order valence-electron chi connectivity index (χ3n) is 6.72. The van der Waals surface area contributed by atoms with E-state index in [9.17, 15) is 5.26 Å². The number of aryl methyl sites for hydroxylation is 1. The van der Waals surface area contributed by atoms with E-state index in [1.54, 1.807) is 19.1 Å². The Morgan fingerprint density at radius 3 is 2.19 bits per heavy atom. The Kier molecular flexibility index (Phi) is 4.16. The summed E-state index contributed by atoms with van der Waals surface area (Å²) in [5.74, 6) is -1.25. The minimum atomic E-state index is -2.93. The molecular formula is C33H24FN2O+. The van der Waals surface area contributed by atoms with Crippen molar-refractivity contribution >= 4 is 21.9 Å². The van der Waals surface area contributed by atoms with Crippen LogP contribution in [0.4, 0.5) is 4.39 Å². The molecule has 0 saturated carbocycles. The summed E-state index contributed by atoms with van der Waals surface area (Å²) in [4.78, 5) is 0. The molecule has 0 atom stereocenters. The van der Waals surface area contributed by atoms with E-state index in [0.717, 1.165) is 22.1 Å². The molecule has 3 nitrogen and oxygen atoms in total. The Bertz CT molecular complexity index is 2080. The van der Waals surface area contributed by atoms with Gasteiger partial charge in [0.15, 0.2) is 5.82 Å². The molecule has 0 fully saturated rings. The number of nitrogens with zero attached hydrogens (tertiary/aromatic N) is 2. The van der Waals surface area contributed by atoms with Crippen molar-refractivity contribution in [3.8, 4) is 39.6 Å². The Morgan fingerprint density at radius 1 is 0.838 bits per heavy atom. The highest BCUT2D eigenvalue weighted by Crippen LogP contribution is 2.42. The highest BCUT2D eigenvalue weighted by molar-refractivity contribution is 6.14. The molecule has 0 bridgehead atoms. The molecule has 37 heavy (non-hydrogen) atoms. The molecule has 178 valence electrons. The van der Waals surface area contributed by atoms with Gasteiger partial charge in [-0.25, -0.2) is 4.39 Å². The molecular weight excluding hydrogens is 459 g/mol. The average molecular weight is 489 g/mol. The predicted octanol–water partition coefficient (Wildman–Crippen LogP) is 8.04. The number of halogens is 1. The number of furan rings is 1. The van der Waals surface area contributed by atoms with E-state index >= 15 is 4.39 Å². The lowest BCUT2D eigenvalue weighted by Gasteiger charge is -2.08. The van der Waals surface area contributed by atoms with Gasteiger partial charge in [0, 0.05) is 26.5 Å². The Hall–Kier alpha value is -4.75. The number of nitriles is 1. The van der Waals surface area contributed by atoms with Gasteiger partial charge in [0.05, 0.1) is 18.6 Å². The van der Waals surface area contributed by atoms with Gasteiger partial charge in [-0.2, -0.15) is 9.83 Å². The molecule has 6 rings (SSSR count). The van der Waals surface area contributed by atoms with Crippen LogP contribution in [0.2, 0.25) is 0 Å². The van der Waals surface area contributed by atoms with Crippen LogP contribution in [0.15, 0.2) is 95.5 Å². The average Bonchev–Trinajstić information content (AvgIpc) is 3.35. The topological polar surface area (TPSA) is 40.8 Å². The number of fused-ring (bicyclic) bond motifs is 3. The van der Waals surface area contributed by atoms with Crippen molar-refractivity contribution in [2.75, 3.05) is 0 Å². The van der Waals surface area contributed by atoms with Gasteiger partial charge in [-0.15, -0.1) is 0 Å². The van der Waals surface area contributed by atoms with Gasteiger partial charge in [-0.3, -0.25) is 0 Å². The molecule has 4 heteroatoms. The highest BCUT2D eigenvalue weighted by atomic mass is 19.1. The van der Waals surface area contributed by atoms with E-state index in [4.69, 9.17) is 11.3 Å². The molecule has 4 aromatic carbocycles. The highest BCUT2D eigenvalue weighted by Gasteiger charge is 2.24. The normalized spacial score (nSPS) is 13.5. The van der Waals surface area contributed by atoms with E-state index in [1.807, 2.05) is 66.7 Å². The van der Waals surface area contributed by atoms with E-state index < -0.39 is 30.4 Å². The summed E-state index contributed by atoms with van der Waals surface area (Å²) in [6, 6.07) is 26.8. The van der Waals surface area contributed by atoms with Crippen molar-refractivity contribution in [3.63, 3.8) is 0 Å². The van der Waals surface area contributed by atoms with Crippen molar-refractivity contribution in [1.29, 1.82) is 5.26 Å². The Balaban J connectivity index is 1.65. The van der Waals surface area contributed by atoms with Crippen LogP contribution in [0.1, 0.15) is 23.5 Å². The van der Waals surface area contributed by atoms with E-state index in [1.165, 1.54) is 11.6 Å². The summed E-state index contributed by atoms with van der Waals surface area (Å²) in [7, 11) is 1.43. The fourth-order valence-electron chi connectivity index (χ4n) is 4.88. The summed E-state index contributed by atoms with van der Waals surface area (Å²) in [5.41, 5.74) is 5.00. The zero-order chi connectivity index (χ0) is 29.9. The maximum atomic E-state index is 15.0. The first-order chi connectivity index (χ1) is 20.0. The minimum Gasteiger partial charge on any atom is -0.454 e. The smallest absolute Gasteiger partial charge is 0.216 e. The molecule has 0 amide bonds. The molecule has 6 aromatic rings. The Labute approximate surface area is 221 Å². The van der Waals surface area contributed by atoms with Crippen molar-refractivity contribution in [2.24, 2.45) is 7.05 Å². The van der Waals surface area contributed by atoms with E-state index in [-0.39, 0.29) is 5.69 Å². The zero-order valence-electron chi connectivity index (χ0n) is 25.2. The SMILES string of the molecule is [2H]c1c(C([2H])([2H])[2H])c(F)c([2H])[n+](C)c1-c1c(C)ccc2c1oc1c(-c3ccc(-c4ccccc4)cc3)c(C#N)ccc12. The van der Waals surface area contributed by atoms with Crippen LogP contribution in [-0.4, -0.2) is 0 Å². The third-order valence-corrected chi connectivity index (χ3v) is 6.72. The van der Waals surface area contributed by atoms with Crippen molar-refractivity contribution in [2.45, 2.75) is 13.8 Å². The first kappa shape index (κ1) is 17.6. The van der Waals surface area contributed by atoms with Gasteiger partial charge in [0.1, 0.15) is 19.6 Å². The molecule has 0 aliphatic rings. The fraction of sp³-hybridized carbons (Fsp3) is 0.0909. The van der Waals surface area contributed by atoms with Crippen molar-refractivity contribution in [1.82, 2.24) is 0 Å². The maximum Gasteiger partial charge on any atom is 0.216 e. The first-order valence-corrected chi connectivity index (χ1v) is 11.8. The second kappa shape index (κ2) is 8.72. The number of rotatable bonds is 3. The number of aromatic nitrogens is 1. The second-order valence-electron chi connectivity index (χ2n) is 8.99. The summed E-state index contributed by atoms with van der Waals surface area (Å²) >= 11 is 0. The van der Waals surface area contributed by atoms with Crippen LogP contribution in [0.25, 0.3) is 55.4 Å². The zero-order valence-corrected chi connectivity index (χ0v) is 20.2. The second-order valence-corrected chi connectivity index (χ2v) is 8.99. The summed E-state index contributed by atoms with van der Waals surface area (Å²) in [5, 5.41) is 11.4. The molecule has 0 radical (unpaired) electrons. The first-order valence-electron chi connectivity index (χ1n) is 14.3. The summed E-state index contributed by atoms with van der Waals surface area (Å²) in [6.45, 7) is -1.15. The monoisotopic (exact) mass is 488 g/mol. The molecule has 0 aliphatic heterocycles. The lowest BCUT2D eigenvalue weighted by molar-refractivity contribution is -0.662. The molecule has 0 N–H and O–H groups in total. The van der Waals surface area contributed by atoms with Gasteiger partial charge in [-0.05, 0) is 53.7 Å². The van der Waals surface area contributed by atoms with Gasteiger partial charge in [0.25, 0.3) is 0 Å². The molecule has 0 aliphatic carbocycles. The summed E-state index contributed by atoms with van der Waals surface area (Å²) in [6.07, 6.45) is -0.648. The van der Waals surface area contributed by atoms with Crippen LogP contribution in [0.3, 0.4) is 0 Å². The van der Waals surface area contributed by atoms with Gasteiger partial charge in [0.2, 0.25) is 11.9 Å². The quantitative estimate of drug-likeness (QED) is 0.237. The lowest BCUT2D eigenvalue weighted by Crippen LogP contribution is -2.31. The van der Waals surface area contributed by atoms with E-state index in [0.29, 0.717) is 38.8 Å². The van der Waals surface area contributed by atoms with Gasteiger partial charge >= 0.3 is 0 Å². The van der Waals surface area contributed by atoms with Crippen molar-refractivity contribution < 1.29 is 20.2 Å². The number of hydrogen-bond donors (Lipinski definition) is 0. The van der Waals surface area contributed by atoms with Gasteiger partial charge in [-0.1, -0.05) is 66.7 Å². The summed E-state index contributed by atoms with van der Waals surface area (Å²) < 4.78 is 63.3. The minimum absolute atomic E-state index is 0.0592. The standard InChI is InChI=1S/C33H24FN2O/c1-20-9-15-26-27-16-14-25(18-35)31(24-12-10-23(11-13-24)22-7-5-4-6-8-22)33(27)37-32(26)30(20)29-17-21(2)28(34)19-36(29)3/h4-17,19H,1-3H3/q+1/i2D3,17D,19D. The number of benzene rings is 4.